The maximum atomic E-state index is 4.91. The van der Waals surface area contributed by atoms with Crippen LogP contribution in [0, 0.1) is 0 Å². The first-order valence-corrected chi connectivity index (χ1v) is 9.55. The molecule has 5 nitrogen and oxygen atoms in total. The summed E-state index contributed by atoms with van der Waals surface area (Å²) < 4.78 is 2.31. The number of hydrogen-bond donors (Lipinski definition) is 1. The summed E-state index contributed by atoms with van der Waals surface area (Å²) in [5, 5.41) is 3.52. The van der Waals surface area contributed by atoms with Crippen molar-refractivity contribution >= 4 is 11.6 Å². The Bertz CT molecular complexity index is 689. The summed E-state index contributed by atoms with van der Waals surface area (Å²) in [4.78, 5) is 12.1. The molecule has 1 N–H and O–H groups in total. The van der Waals surface area contributed by atoms with Crippen LogP contribution in [0.25, 0.3) is 0 Å². The molecule has 2 aliphatic heterocycles. The van der Waals surface area contributed by atoms with Gasteiger partial charge in [0.25, 0.3) is 0 Å². The standard InChI is InChI=1S/C20H27N5/c1-3-9-17(10-4-1)23-20(24-12-6-2-7-13-24)21-15-18-16-25-14-8-5-11-19(25)22-18/h1,3-4,9-10,16H,2,5-8,11-15H2,(H,21,23). The molecule has 2 aromatic rings. The molecule has 0 unspecified atom stereocenters. The van der Waals surface area contributed by atoms with Crippen LogP contribution in [0.1, 0.15) is 43.6 Å². The number of anilines is 1. The van der Waals surface area contributed by atoms with Gasteiger partial charge in [-0.05, 0) is 44.2 Å². The number of nitrogens with zero attached hydrogens (tertiary/aromatic N) is 4. The van der Waals surface area contributed by atoms with E-state index >= 15 is 0 Å². The second-order valence-corrected chi connectivity index (χ2v) is 6.98. The summed E-state index contributed by atoms with van der Waals surface area (Å²) in [7, 11) is 0. The van der Waals surface area contributed by atoms with E-state index in [4.69, 9.17) is 9.98 Å². The van der Waals surface area contributed by atoms with Gasteiger partial charge in [0.15, 0.2) is 5.96 Å². The van der Waals surface area contributed by atoms with Gasteiger partial charge >= 0.3 is 0 Å². The van der Waals surface area contributed by atoms with Crippen LogP contribution in [-0.4, -0.2) is 33.5 Å². The van der Waals surface area contributed by atoms with Gasteiger partial charge in [-0.3, -0.25) is 0 Å². The Morgan fingerprint density at radius 2 is 1.80 bits per heavy atom. The lowest BCUT2D eigenvalue weighted by atomic mass is 10.1. The first-order valence-electron chi connectivity index (χ1n) is 9.55. The summed E-state index contributed by atoms with van der Waals surface area (Å²) in [6, 6.07) is 10.3. The third-order valence-electron chi connectivity index (χ3n) is 5.03. The fourth-order valence-corrected chi connectivity index (χ4v) is 3.68. The Hall–Kier alpha value is -2.30. The Labute approximate surface area is 149 Å². The van der Waals surface area contributed by atoms with Gasteiger partial charge in [-0.1, -0.05) is 18.2 Å². The molecule has 2 aliphatic rings. The molecule has 4 rings (SSSR count). The fraction of sp³-hybridized carbons (Fsp3) is 0.500. The molecular weight excluding hydrogens is 310 g/mol. The Morgan fingerprint density at radius 3 is 2.60 bits per heavy atom. The fourth-order valence-electron chi connectivity index (χ4n) is 3.68. The van der Waals surface area contributed by atoms with Crippen LogP contribution < -0.4 is 5.32 Å². The minimum atomic E-state index is 0.645. The highest BCUT2D eigenvalue weighted by Crippen LogP contribution is 2.16. The molecule has 0 spiro atoms. The molecule has 3 heterocycles. The minimum absolute atomic E-state index is 0.645. The smallest absolute Gasteiger partial charge is 0.198 e. The monoisotopic (exact) mass is 337 g/mol. The number of aliphatic imine (C=N–C) groups is 1. The summed E-state index contributed by atoms with van der Waals surface area (Å²) in [5.74, 6) is 2.21. The number of guanidine groups is 1. The predicted octanol–water partition coefficient (Wildman–Crippen LogP) is 3.67. The van der Waals surface area contributed by atoms with Gasteiger partial charge in [0.2, 0.25) is 0 Å². The third-order valence-corrected chi connectivity index (χ3v) is 5.03. The van der Waals surface area contributed by atoms with Gasteiger partial charge in [-0.2, -0.15) is 0 Å². The predicted molar refractivity (Wildman–Crippen MR) is 102 cm³/mol. The highest BCUT2D eigenvalue weighted by atomic mass is 15.3. The average Bonchev–Trinajstić information content (AvgIpc) is 3.09. The first-order chi connectivity index (χ1) is 12.4. The molecule has 0 aliphatic carbocycles. The van der Waals surface area contributed by atoms with E-state index < -0.39 is 0 Å². The molecule has 1 aromatic heterocycles. The minimum Gasteiger partial charge on any atom is -0.343 e. The molecule has 25 heavy (non-hydrogen) atoms. The van der Waals surface area contributed by atoms with Crippen LogP contribution in [0.2, 0.25) is 0 Å². The Kier molecular flexibility index (Phi) is 5.00. The van der Waals surface area contributed by atoms with Crippen LogP contribution in [0.5, 0.6) is 0 Å². The zero-order chi connectivity index (χ0) is 16.9. The van der Waals surface area contributed by atoms with Crippen molar-refractivity contribution < 1.29 is 0 Å². The van der Waals surface area contributed by atoms with Gasteiger partial charge in [-0.25, -0.2) is 9.98 Å². The summed E-state index contributed by atoms with van der Waals surface area (Å²) in [6.07, 6.45) is 9.62. The lowest BCUT2D eigenvalue weighted by molar-refractivity contribution is 0.340. The molecule has 0 radical (unpaired) electrons. The lowest BCUT2D eigenvalue weighted by Crippen LogP contribution is -2.40. The van der Waals surface area contributed by atoms with Gasteiger partial charge in [0.05, 0.1) is 12.2 Å². The van der Waals surface area contributed by atoms with Crippen LogP contribution in [0.4, 0.5) is 5.69 Å². The van der Waals surface area contributed by atoms with Crippen molar-refractivity contribution in [1.29, 1.82) is 0 Å². The Balaban J connectivity index is 1.51. The molecule has 0 atom stereocenters. The Morgan fingerprint density at radius 1 is 1.00 bits per heavy atom. The number of fused-ring (bicyclic) bond motifs is 1. The van der Waals surface area contributed by atoms with Crippen LogP contribution in [0.15, 0.2) is 41.5 Å². The molecule has 0 bridgehead atoms. The molecule has 1 aromatic carbocycles. The number of hydrogen-bond acceptors (Lipinski definition) is 2. The van der Waals surface area contributed by atoms with E-state index in [0.29, 0.717) is 6.54 Å². The lowest BCUT2D eigenvalue weighted by Gasteiger charge is -2.30. The number of aromatic nitrogens is 2. The molecule has 5 heteroatoms. The van der Waals surface area contributed by atoms with Gasteiger partial charge < -0.3 is 14.8 Å². The third kappa shape index (κ3) is 4.03. The molecule has 1 saturated heterocycles. The van der Waals surface area contributed by atoms with E-state index in [1.165, 1.54) is 37.9 Å². The van der Waals surface area contributed by atoms with E-state index in [1.807, 2.05) is 6.07 Å². The van der Waals surface area contributed by atoms with Crippen molar-refractivity contribution in [3.05, 3.63) is 48.0 Å². The zero-order valence-electron chi connectivity index (χ0n) is 14.8. The summed E-state index contributed by atoms with van der Waals surface area (Å²) in [5.41, 5.74) is 2.18. The number of imidazole rings is 1. The van der Waals surface area contributed by atoms with Crippen molar-refractivity contribution in [1.82, 2.24) is 14.5 Å². The highest BCUT2D eigenvalue weighted by Gasteiger charge is 2.16. The van der Waals surface area contributed by atoms with E-state index in [1.54, 1.807) is 0 Å². The number of aryl methyl sites for hydroxylation is 2. The molecule has 132 valence electrons. The second kappa shape index (κ2) is 7.72. The summed E-state index contributed by atoms with van der Waals surface area (Å²) in [6.45, 7) is 3.91. The van der Waals surface area contributed by atoms with E-state index in [0.717, 1.165) is 43.4 Å². The second-order valence-electron chi connectivity index (χ2n) is 6.98. The van der Waals surface area contributed by atoms with Gasteiger partial charge in [0, 0.05) is 37.9 Å². The zero-order valence-corrected chi connectivity index (χ0v) is 14.8. The van der Waals surface area contributed by atoms with Crippen molar-refractivity contribution in [2.75, 3.05) is 18.4 Å². The first kappa shape index (κ1) is 16.2. The normalized spacial score (nSPS) is 18.1. The van der Waals surface area contributed by atoms with Gasteiger partial charge in [0.1, 0.15) is 5.82 Å². The highest BCUT2D eigenvalue weighted by molar-refractivity contribution is 5.93. The quantitative estimate of drug-likeness (QED) is 0.686. The van der Waals surface area contributed by atoms with Gasteiger partial charge in [-0.15, -0.1) is 0 Å². The number of likely N-dealkylation sites (tertiary alicyclic amines) is 1. The number of piperidine rings is 1. The maximum absolute atomic E-state index is 4.91. The van der Waals surface area contributed by atoms with E-state index in [2.05, 4.69) is 45.2 Å². The topological polar surface area (TPSA) is 45.5 Å². The SMILES string of the molecule is c1ccc(NC(=NCc2cn3c(n2)CCCC3)N2CCCCC2)cc1. The van der Waals surface area contributed by atoms with E-state index in [-0.39, 0.29) is 0 Å². The van der Waals surface area contributed by atoms with Crippen molar-refractivity contribution in [2.24, 2.45) is 4.99 Å². The largest absolute Gasteiger partial charge is 0.343 e. The number of benzene rings is 1. The van der Waals surface area contributed by atoms with Crippen molar-refractivity contribution in [3.63, 3.8) is 0 Å². The number of para-hydroxylation sites is 1. The van der Waals surface area contributed by atoms with E-state index in [9.17, 15) is 0 Å². The van der Waals surface area contributed by atoms with Crippen molar-refractivity contribution in [3.8, 4) is 0 Å². The maximum Gasteiger partial charge on any atom is 0.198 e. The molecule has 1 fully saturated rings. The molecule has 0 saturated carbocycles. The number of nitrogens with one attached hydrogen (secondary N) is 1. The van der Waals surface area contributed by atoms with Crippen LogP contribution in [-0.2, 0) is 19.5 Å². The molecule has 0 amide bonds. The molecular formula is C20H27N5. The van der Waals surface area contributed by atoms with Crippen LogP contribution >= 0.6 is 0 Å². The van der Waals surface area contributed by atoms with Crippen LogP contribution in [0.3, 0.4) is 0 Å². The summed E-state index contributed by atoms with van der Waals surface area (Å²) >= 11 is 0. The number of rotatable bonds is 3. The average molecular weight is 337 g/mol. The van der Waals surface area contributed by atoms with Crippen molar-refractivity contribution in [2.45, 2.75) is 51.6 Å².